The quantitative estimate of drug-likeness (QED) is 0.481. The number of benzene rings is 1. The summed E-state index contributed by atoms with van der Waals surface area (Å²) in [4.78, 5) is 10.2. The first-order valence-electron chi connectivity index (χ1n) is 4.80. The Balaban J connectivity index is 2.84. The van der Waals surface area contributed by atoms with Crippen LogP contribution in [0.15, 0.2) is 24.3 Å². The summed E-state index contributed by atoms with van der Waals surface area (Å²) < 4.78 is 10.0. The molecular weight excluding hydrogens is 228 g/mol. The molecule has 88 valence electrons. The zero-order valence-corrected chi connectivity index (χ0v) is 10.0. The normalized spacial score (nSPS) is 13.9. The van der Waals surface area contributed by atoms with E-state index in [0.29, 0.717) is 12.2 Å². The molecule has 16 heavy (non-hydrogen) atoms. The highest BCUT2D eigenvalue weighted by Crippen LogP contribution is 2.27. The van der Waals surface area contributed by atoms with Gasteiger partial charge in [-0.2, -0.15) is 0 Å². The molecule has 4 nitrogen and oxygen atoms in total. The first kappa shape index (κ1) is 12.7. The van der Waals surface area contributed by atoms with E-state index in [-0.39, 0.29) is 5.75 Å². The van der Waals surface area contributed by atoms with Crippen molar-refractivity contribution in [1.82, 2.24) is 0 Å². The van der Waals surface area contributed by atoms with Crippen molar-refractivity contribution in [1.29, 1.82) is 0 Å². The number of phenols is 1. The Bertz CT molecular complexity index is 363. The molecule has 0 radical (unpaired) electrons. The van der Waals surface area contributed by atoms with Gasteiger partial charge in [0.05, 0.1) is 7.11 Å². The van der Waals surface area contributed by atoms with Crippen molar-refractivity contribution in [2.45, 2.75) is 18.3 Å². The van der Waals surface area contributed by atoms with Crippen LogP contribution >= 0.6 is 12.6 Å². The lowest BCUT2D eigenvalue weighted by Crippen LogP contribution is -2.39. The summed E-state index contributed by atoms with van der Waals surface area (Å²) in [6.45, 7) is 1.77. The minimum absolute atomic E-state index is 0.131. The van der Waals surface area contributed by atoms with Gasteiger partial charge in [-0.25, -0.2) is 4.79 Å². The predicted molar refractivity (Wildman–Crippen MR) is 62.8 cm³/mol. The van der Waals surface area contributed by atoms with Crippen LogP contribution in [0.3, 0.4) is 0 Å². The highest BCUT2D eigenvalue weighted by atomic mass is 32.1. The topological polar surface area (TPSA) is 55.8 Å². The van der Waals surface area contributed by atoms with Crippen LogP contribution in [0.2, 0.25) is 0 Å². The standard InChI is InChI=1S/C11H14O4S/c1-3-11(16,10(13)14-2)15-9-6-4-8(12)5-7-9/h4-7,12,16H,3H2,1-2H3. The van der Waals surface area contributed by atoms with Gasteiger partial charge in [-0.1, -0.05) is 6.92 Å². The minimum atomic E-state index is -1.30. The average Bonchev–Trinajstić information content (AvgIpc) is 2.31. The molecule has 1 N–H and O–H groups in total. The van der Waals surface area contributed by atoms with Crippen LogP contribution in [-0.2, 0) is 9.53 Å². The van der Waals surface area contributed by atoms with Gasteiger partial charge < -0.3 is 14.6 Å². The lowest BCUT2D eigenvalue weighted by atomic mass is 10.2. The molecule has 0 heterocycles. The number of methoxy groups -OCH3 is 1. The molecule has 1 aromatic carbocycles. The van der Waals surface area contributed by atoms with Gasteiger partial charge in [-0.05, 0) is 24.3 Å². The fourth-order valence-electron chi connectivity index (χ4n) is 1.13. The summed E-state index contributed by atoms with van der Waals surface area (Å²) in [6.07, 6.45) is 0.365. The van der Waals surface area contributed by atoms with Crippen LogP contribution in [0.1, 0.15) is 13.3 Å². The van der Waals surface area contributed by atoms with E-state index in [1.807, 2.05) is 0 Å². The fourth-order valence-corrected chi connectivity index (χ4v) is 1.32. The van der Waals surface area contributed by atoms with Crippen molar-refractivity contribution in [3.63, 3.8) is 0 Å². The predicted octanol–water partition coefficient (Wildman–Crippen LogP) is 1.98. The van der Waals surface area contributed by atoms with E-state index in [1.165, 1.54) is 19.2 Å². The fraction of sp³-hybridized carbons (Fsp3) is 0.364. The third-order valence-corrected chi connectivity index (χ3v) is 2.70. The molecule has 0 aromatic heterocycles. The summed E-state index contributed by atoms with van der Waals surface area (Å²) in [7, 11) is 1.28. The number of phenolic OH excluding ortho intramolecular Hbond substituents is 1. The van der Waals surface area contributed by atoms with Crippen LogP contribution < -0.4 is 4.74 Å². The van der Waals surface area contributed by atoms with Crippen molar-refractivity contribution in [2.75, 3.05) is 7.11 Å². The molecule has 1 aromatic rings. The zero-order chi connectivity index (χ0) is 12.2. The van der Waals surface area contributed by atoms with E-state index < -0.39 is 10.9 Å². The highest BCUT2D eigenvalue weighted by molar-refractivity contribution is 7.82. The Morgan fingerprint density at radius 1 is 1.44 bits per heavy atom. The number of thiol groups is 1. The Labute approximate surface area is 99.6 Å². The molecule has 0 saturated carbocycles. The Hall–Kier alpha value is -1.36. The minimum Gasteiger partial charge on any atom is -0.508 e. The molecular formula is C11H14O4S. The molecule has 0 amide bonds. The van der Waals surface area contributed by atoms with E-state index in [4.69, 9.17) is 9.84 Å². The molecule has 1 rings (SSSR count). The number of esters is 1. The maximum absolute atomic E-state index is 11.5. The van der Waals surface area contributed by atoms with Gasteiger partial charge >= 0.3 is 5.97 Å². The number of carbonyl (C=O) groups excluding carboxylic acids is 1. The van der Waals surface area contributed by atoms with Gasteiger partial charge in [0.2, 0.25) is 4.93 Å². The first-order valence-corrected chi connectivity index (χ1v) is 5.25. The van der Waals surface area contributed by atoms with E-state index >= 15 is 0 Å². The van der Waals surface area contributed by atoms with Crippen LogP contribution in [0.4, 0.5) is 0 Å². The van der Waals surface area contributed by atoms with Crippen molar-refractivity contribution < 1.29 is 19.4 Å². The van der Waals surface area contributed by atoms with E-state index in [0.717, 1.165) is 0 Å². The lowest BCUT2D eigenvalue weighted by Gasteiger charge is -2.25. The summed E-state index contributed by atoms with van der Waals surface area (Å²) in [5.74, 6) is 0.0261. The second-order valence-electron chi connectivity index (χ2n) is 3.23. The molecule has 0 aliphatic carbocycles. The average molecular weight is 242 g/mol. The van der Waals surface area contributed by atoms with Gasteiger partial charge in [0.1, 0.15) is 11.5 Å². The van der Waals surface area contributed by atoms with Crippen molar-refractivity contribution in [3.05, 3.63) is 24.3 Å². The number of hydrogen-bond donors (Lipinski definition) is 2. The molecule has 0 spiro atoms. The Morgan fingerprint density at radius 2 is 2.00 bits per heavy atom. The van der Waals surface area contributed by atoms with Crippen molar-refractivity contribution in [3.8, 4) is 11.5 Å². The Morgan fingerprint density at radius 3 is 2.44 bits per heavy atom. The molecule has 0 aliphatic heterocycles. The van der Waals surface area contributed by atoms with Crippen LogP contribution in [-0.4, -0.2) is 23.1 Å². The molecule has 0 aliphatic rings. The van der Waals surface area contributed by atoms with Crippen LogP contribution in [0.5, 0.6) is 11.5 Å². The van der Waals surface area contributed by atoms with E-state index in [1.54, 1.807) is 19.1 Å². The molecule has 1 atom stereocenters. The monoisotopic (exact) mass is 242 g/mol. The molecule has 0 fully saturated rings. The summed E-state index contributed by atoms with van der Waals surface area (Å²) in [5.41, 5.74) is 0. The number of carbonyl (C=O) groups is 1. The van der Waals surface area contributed by atoms with Gasteiger partial charge in [0.15, 0.2) is 0 Å². The molecule has 0 bridgehead atoms. The number of aromatic hydroxyl groups is 1. The summed E-state index contributed by atoms with van der Waals surface area (Å²) in [6, 6.07) is 6.05. The van der Waals surface area contributed by atoms with Crippen LogP contribution in [0.25, 0.3) is 0 Å². The van der Waals surface area contributed by atoms with Crippen molar-refractivity contribution in [2.24, 2.45) is 0 Å². The largest absolute Gasteiger partial charge is 0.508 e. The molecule has 0 saturated heterocycles. The van der Waals surface area contributed by atoms with Crippen LogP contribution in [0, 0.1) is 0 Å². The maximum atomic E-state index is 11.5. The van der Waals surface area contributed by atoms with Gasteiger partial charge in [-0.3, -0.25) is 0 Å². The smallest absolute Gasteiger partial charge is 0.360 e. The van der Waals surface area contributed by atoms with Gasteiger partial charge in [0, 0.05) is 6.42 Å². The Kier molecular flexibility index (Phi) is 4.06. The van der Waals surface area contributed by atoms with Gasteiger partial charge in [-0.15, -0.1) is 12.6 Å². The van der Waals surface area contributed by atoms with E-state index in [2.05, 4.69) is 17.4 Å². The maximum Gasteiger partial charge on any atom is 0.360 e. The summed E-state index contributed by atoms with van der Waals surface area (Å²) in [5, 5.41) is 9.10. The highest BCUT2D eigenvalue weighted by Gasteiger charge is 2.36. The lowest BCUT2D eigenvalue weighted by molar-refractivity contribution is -0.151. The number of rotatable bonds is 4. The SMILES string of the molecule is CCC(S)(Oc1ccc(O)cc1)C(=O)OC. The molecule has 1 unspecified atom stereocenters. The number of hydrogen-bond acceptors (Lipinski definition) is 5. The summed E-state index contributed by atoms with van der Waals surface area (Å²) >= 11 is 4.17. The third kappa shape index (κ3) is 2.82. The zero-order valence-electron chi connectivity index (χ0n) is 9.14. The number of ether oxygens (including phenoxy) is 2. The second kappa shape index (κ2) is 5.12. The third-order valence-electron chi connectivity index (χ3n) is 2.11. The van der Waals surface area contributed by atoms with E-state index in [9.17, 15) is 4.79 Å². The van der Waals surface area contributed by atoms with Crippen molar-refractivity contribution >= 4 is 18.6 Å². The second-order valence-corrected chi connectivity index (χ2v) is 3.95. The van der Waals surface area contributed by atoms with Gasteiger partial charge in [0.25, 0.3) is 0 Å². The first-order chi connectivity index (χ1) is 7.51. The molecule has 5 heteroatoms.